The van der Waals surface area contributed by atoms with E-state index >= 15 is 0 Å². The van der Waals surface area contributed by atoms with Crippen molar-refractivity contribution in [3.63, 3.8) is 0 Å². The van der Waals surface area contributed by atoms with Gasteiger partial charge in [-0.15, -0.1) is 0 Å². The number of nitrogens with one attached hydrogen (secondary N) is 2. The molecule has 0 aromatic carbocycles. The number of hydrogen-bond acceptors (Lipinski definition) is 6. The summed E-state index contributed by atoms with van der Waals surface area (Å²) in [6, 6.07) is -0.862. The van der Waals surface area contributed by atoms with E-state index in [9.17, 15) is 14.4 Å². The molecule has 2 amide bonds. The largest absolute Gasteiger partial charge is 0.480 e. The third-order valence-electron chi connectivity index (χ3n) is 3.25. The minimum Gasteiger partial charge on any atom is -0.480 e. The van der Waals surface area contributed by atoms with Crippen molar-refractivity contribution in [1.29, 1.82) is 0 Å². The van der Waals surface area contributed by atoms with Crippen LogP contribution in [0.5, 0.6) is 0 Å². The van der Waals surface area contributed by atoms with Crippen LogP contribution in [0.1, 0.15) is 39.5 Å². The number of hydrogen-bond donors (Lipinski definition) is 5. The molecule has 24 heavy (non-hydrogen) atoms. The predicted octanol–water partition coefficient (Wildman–Crippen LogP) is -0.979. The maximum Gasteiger partial charge on any atom is 0.319 e. The number of carboxylic acids is 1. The van der Waals surface area contributed by atoms with Crippen LogP contribution in [-0.4, -0.2) is 60.1 Å². The van der Waals surface area contributed by atoms with Crippen molar-refractivity contribution < 1.29 is 19.5 Å². The lowest BCUT2D eigenvalue weighted by Gasteiger charge is -2.18. The second-order valence-electron chi connectivity index (χ2n) is 6.42. The van der Waals surface area contributed by atoms with Crippen molar-refractivity contribution in [3.05, 3.63) is 0 Å². The van der Waals surface area contributed by atoms with Gasteiger partial charge in [0, 0.05) is 26.1 Å². The summed E-state index contributed by atoms with van der Waals surface area (Å²) >= 11 is 0. The molecular formula is C15H31N5O4. The summed E-state index contributed by atoms with van der Waals surface area (Å²) in [6.07, 6.45) is 1.93. The van der Waals surface area contributed by atoms with Crippen LogP contribution in [0.3, 0.4) is 0 Å². The molecule has 0 aromatic heterocycles. The summed E-state index contributed by atoms with van der Waals surface area (Å²) in [5.41, 5.74) is 14.1. The highest BCUT2D eigenvalue weighted by Gasteiger charge is 2.15. The molecule has 0 spiro atoms. The van der Waals surface area contributed by atoms with E-state index in [1.807, 2.05) is 13.8 Å². The lowest BCUT2D eigenvalue weighted by Crippen LogP contribution is -2.44. The minimum atomic E-state index is -1.03. The summed E-state index contributed by atoms with van der Waals surface area (Å²) in [5, 5.41) is 12.5. The average Bonchev–Trinajstić information content (AvgIpc) is 2.41. The van der Waals surface area contributed by atoms with Crippen LogP contribution in [0.2, 0.25) is 0 Å². The number of carbonyl (C=O) groups is 3. The van der Waals surface area contributed by atoms with Gasteiger partial charge in [0.15, 0.2) is 0 Å². The first-order valence-corrected chi connectivity index (χ1v) is 8.13. The van der Waals surface area contributed by atoms with Crippen LogP contribution in [0.4, 0.5) is 0 Å². The Labute approximate surface area is 143 Å². The first kappa shape index (κ1) is 22.3. The second-order valence-corrected chi connectivity index (χ2v) is 6.42. The normalized spacial score (nSPS) is 13.6. The SMILES string of the molecule is CC(C)C[C@H](N)C(=O)NCCC[C@H](N)CC(=O)NN(C)CC(=O)O. The Morgan fingerprint density at radius 3 is 2.38 bits per heavy atom. The van der Waals surface area contributed by atoms with Crippen LogP contribution in [-0.2, 0) is 14.4 Å². The summed E-state index contributed by atoms with van der Waals surface area (Å²) in [6.45, 7) is 4.18. The second kappa shape index (κ2) is 11.8. The Bertz CT molecular complexity index is 417. The maximum absolute atomic E-state index is 11.7. The predicted molar refractivity (Wildman–Crippen MR) is 90.7 cm³/mol. The van der Waals surface area contributed by atoms with E-state index in [2.05, 4.69) is 10.7 Å². The molecule has 0 rings (SSSR count). The monoisotopic (exact) mass is 345 g/mol. The highest BCUT2D eigenvalue weighted by Crippen LogP contribution is 2.03. The van der Waals surface area contributed by atoms with Gasteiger partial charge in [-0.25, -0.2) is 5.01 Å². The van der Waals surface area contributed by atoms with Gasteiger partial charge in [-0.1, -0.05) is 13.8 Å². The molecule has 0 saturated carbocycles. The Morgan fingerprint density at radius 1 is 1.21 bits per heavy atom. The van der Waals surface area contributed by atoms with Gasteiger partial charge in [-0.3, -0.25) is 19.8 Å². The number of nitrogens with two attached hydrogens (primary N) is 2. The number of amides is 2. The van der Waals surface area contributed by atoms with Crippen molar-refractivity contribution in [2.24, 2.45) is 17.4 Å². The van der Waals surface area contributed by atoms with Gasteiger partial charge in [0.2, 0.25) is 11.8 Å². The first-order valence-electron chi connectivity index (χ1n) is 8.13. The maximum atomic E-state index is 11.7. The van der Waals surface area contributed by atoms with Crippen molar-refractivity contribution in [2.45, 2.75) is 51.6 Å². The van der Waals surface area contributed by atoms with Crippen molar-refractivity contribution >= 4 is 17.8 Å². The van der Waals surface area contributed by atoms with Crippen LogP contribution >= 0.6 is 0 Å². The third kappa shape index (κ3) is 11.8. The zero-order valence-corrected chi connectivity index (χ0v) is 14.7. The molecule has 7 N–H and O–H groups in total. The topological polar surface area (TPSA) is 151 Å². The molecule has 0 aromatic rings. The van der Waals surface area contributed by atoms with Gasteiger partial charge in [0.05, 0.1) is 6.04 Å². The molecule has 0 radical (unpaired) electrons. The lowest BCUT2D eigenvalue weighted by molar-refractivity contribution is -0.139. The van der Waals surface area contributed by atoms with Crippen LogP contribution in [0, 0.1) is 5.92 Å². The zero-order valence-electron chi connectivity index (χ0n) is 14.7. The fourth-order valence-electron chi connectivity index (χ4n) is 2.16. The van der Waals surface area contributed by atoms with Crippen LogP contribution in [0.25, 0.3) is 0 Å². The van der Waals surface area contributed by atoms with E-state index in [1.165, 1.54) is 12.1 Å². The summed E-state index contributed by atoms with van der Waals surface area (Å²) in [5.74, 6) is -1.19. The number of carboxylic acid groups (broad SMARTS) is 1. The van der Waals surface area contributed by atoms with Gasteiger partial charge in [-0.2, -0.15) is 0 Å². The van der Waals surface area contributed by atoms with Crippen LogP contribution in [0.15, 0.2) is 0 Å². The van der Waals surface area contributed by atoms with Crippen LogP contribution < -0.4 is 22.2 Å². The molecule has 9 nitrogen and oxygen atoms in total. The molecule has 0 fully saturated rings. The Morgan fingerprint density at radius 2 is 1.83 bits per heavy atom. The van der Waals surface area contributed by atoms with Gasteiger partial charge in [0.25, 0.3) is 0 Å². The number of likely N-dealkylation sites (N-methyl/N-ethyl adjacent to an activating group) is 1. The molecule has 9 heteroatoms. The van der Waals surface area contributed by atoms with Gasteiger partial charge in [-0.05, 0) is 25.2 Å². The van der Waals surface area contributed by atoms with E-state index in [0.29, 0.717) is 31.7 Å². The highest BCUT2D eigenvalue weighted by molar-refractivity contribution is 5.81. The Kier molecular flexibility index (Phi) is 10.9. The molecule has 0 heterocycles. The summed E-state index contributed by atoms with van der Waals surface area (Å²) < 4.78 is 0. The van der Waals surface area contributed by atoms with Crippen molar-refractivity contribution in [1.82, 2.24) is 15.8 Å². The van der Waals surface area contributed by atoms with Gasteiger partial charge >= 0.3 is 5.97 Å². The fraction of sp³-hybridized carbons (Fsp3) is 0.800. The summed E-state index contributed by atoms with van der Waals surface area (Å²) in [7, 11) is 1.47. The van der Waals surface area contributed by atoms with Crippen molar-refractivity contribution in [3.8, 4) is 0 Å². The third-order valence-corrected chi connectivity index (χ3v) is 3.25. The van der Waals surface area contributed by atoms with Gasteiger partial charge < -0.3 is 21.9 Å². The molecule has 0 bridgehead atoms. The number of aliphatic carboxylic acids is 1. The highest BCUT2D eigenvalue weighted by atomic mass is 16.4. The Balaban J connectivity index is 3.86. The van der Waals surface area contributed by atoms with Gasteiger partial charge in [0.1, 0.15) is 6.54 Å². The lowest BCUT2D eigenvalue weighted by atomic mass is 10.0. The minimum absolute atomic E-state index is 0.0881. The van der Waals surface area contributed by atoms with E-state index in [-0.39, 0.29) is 30.8 Å². The average molecular weight is 345 g/mol. The fourth-order valence-corrected chi connectivity index (χ4v) is 2.16. The molecule has 0 aliphatic heterocycles. The van der Waals surface area contributed by atoms with E-state index < -0.39 is 12.0 Å². The molecule has 140 valence electrons. The first-order chi connectivity index (χ1) is 11.1. The van der Waals surface area contributed by atoms with E-state index in [4.69, 9.17) is 16.6 Å². The summed E-state index contributed by atoms with van der Waals surface area (Å²) in [4.78, 5) is 33.9. The molecule has 0 unspecified atom stereocenters. The quantitative estimate of drug-likeness (QED) is 0.225. The van der Waals surface area contributed by atoms with E-state index in [0.717, 1.165) is 0 Å². The van der Waals surface area contributed by atoms with Crippen molar-refractivity contribution in [2.75, 3.05) is 20.1 Å². The zero-order chi connectivity index (χ0) is 18.7. The number of hydrazine groups is 1. The molecule has 2 atom stereocenters. The number of nitrogens with zero attached hydrogens (tertiary/aromatic N) is 1. The standard InChI is InChI=1S/C15H31N5O4/c1-10(2)7-12(17)15(24)18-6-4-5-11(16)8-13(21)19-20(3)9-14(22)23/h10-12H,4-9,16-17H2,1-3H3,(H,18,24)(H,19,21)(H,22,23)/t11-,12-/m0/s1. The number of rotatable bonds is 12. The Hall–Kier alpha value is -1.71. The molecule has 0 saturated heterocycles. The molecular weight excluding hydrogens is 314 g/mol. The molecule has 0 aliphatic carbocycles. The molecule has 0 aliphatic rings. The van der Waals surface area contributed by atoms with E-state index in [1.54, 1.807) is 0 Å². The number of carbonyl (C=O) groups excluding carboxylic acids is 2. The smallest absolute Gasteiger partial charge is 0.319 e.